The minimum atomic E-state index is -0.810. The number of rotatable bonds is 3. The van der Waals surface area contributed by atoms with E-state index in [0.717, 1.165) is 12.1 Å². The third-order valence-electron chi connectivity index (χ3n) is 3.00. The quantitative estimate of drug-likeness (QED) is 0.881. The third-order valence-corrected chi connectivity index (χ3v) is 3.64. The lowest BCUT2D eigenvalue weighted by Gasteiger charge is -2.28. The van der Waals surface area contributed by atoms with Gasteiger partial charge in [0.25, 0.3) is 0 Å². The number of nitrogens with zero attached hydrogens (tertiary/aromatic N) is 2. The zero-order valence-electron chi connectivity index (χ0n) is 10.6. The minimum Gasteiger partial charge on any atom is -0.342 e. The summed E-state index contributed by atoms with van der Waals surface area (Å²) in [5.41, 5.74) is 1.97. The smallest absolute Gasteiger partial charge is 0.247 e. The molecule has 1 N–H and O–H groups in total. The average molecular weight is 267 g/mol. The molecule has 6 heteroatoms. The van der Waals surface area contributed by atoms with Crippen LogP contribution in [0.15, 0.2) is 10.9 Å². The van der Waals surface area contributed by atoms with Crippen LogP contribution in [0, 0.1) is 0 Å². The van der Waals surface area contributed by atoms with E-state index in [1.165, 1.54) is 0 Å². The van der Waals surface area contributed by atoms with Gasteiger partial charge < -0.3 is 10.2 Å². The summed E-state index contributed by atoms with van der Waals surface area (Å²) in [7, 11) is 0. The van der Waals surface area contributed by atoms with E-state index in [2.05, 4.69) is 10.3 Å². The summed E-state index contributed by atoms with van der Waals surface area (Å²) in [5, 5.41) is 4.73. The molecule has 0 spiro atoms. The zero-order chi connectivity index (χ0) is 13.2. The molecule has 0 unspecified atom stereocenters. The van der Waals surface area contributed by atoms with Gasteiger partial charge in [-0.15, -0.1) is 11.3 Å². The van der Waals surface area contributed by atoms with Crippen LogP contribution in [0.5, 0.6) is 0 Å². The molecule has 5 nitrogen and oxygen atoms in total. The van der Waals surface area contributed by atoms with E-state index >= 15 is 0 Å². The monoisotopic (exact) mass is 267 g/mol. The maximum Gasteiger partial charge on any atom is 0.247 e. The molecule has 0 radical (unpaired) electrons. The van der Waals surface area contributed by atoms with E-state index in [9.17, 15) is 9.59 Å². The van der Waals surface area contributed by atoms with Gasteiger partial charge in [-0.05, 0) is 13.8 Å². The Morgan fingerprint density at radius 1 is 1.50 bits per heavy atom. The van der Waals surface area contributed by atoms with Crippen LogP contribution in [0.4, 0.5) is 0 Å². The first kappa shape index (κ1) is 13.0. The van der Waals surface area contributed by atoms with Gasteiger partial charge in [0.05, 0.1) is 11.2 Å². The molecule has 0 aromatic carbocycles. The summed E-state index contributed by atoms with van der Waals surface area (Å²) in [6, 6.07) is 0. The van der Waals surface area contributed by atoms with Crippen LogP contribution in [-0.2, 0) is 16.0 Å². The van der Waals surface area contributed by atoms with Crippen LogP contribution in [-0.4, -0.2) is 40.3 Å². The number of carbonyl (C=O) groups excluding carboxylic acids is 2. The average Bonchev–Trinajstić information content (AvgIpc) is 2.77. The highest BCUT2D eigenvalue weighted by Crippen LogP contribution is 2.14. The molecule has 0 bridgehead atoms. The van der Waals surface area contributed by atoms with Gasteiger partial charge in [-0.25, -0.2) is 4.98 Å². The van der Waals surface area contributed by atoms with E-state index < -0.39 is 5.54 Å². The Balaban J connectivity index is 2.02. The number of amides is 2. The lowest BCUT2D eigenvalue weighted by molar-refractivity contribution is -0.137. The van der Waals surface area contributed by atoms with Crippen molar-refractivity contribution >= 4 is 23.2 Å². The summed E-state index contributed by atoms with van der Waals surface area (Å²) in [5.74, 6) is -0.0897. The van der Waals surface area contributed by atoms with Crippen molar-refractivity contribution in [3.05, 3.63) is 16.6 Å². The maximum absolute atomic E-state index is 12.3. The van der Waals surface area contributed by atoms with Crippen LogP contribution in [0.25, 0.3) is 0 Å². The molecule has 0 atom stereocenters. The molecule has 1 fully saturated rings. The first-order chi connectivity index (χ1) is 8.49. The SMILES string of the molecule is CC1(C)NC(=O)CCN(CCc2cscn2)C1=O. The van der Waals surface area contributed by atoms with Gasteiger partial charge in [-0.2, -0.15) is 0 Å². The van der Waals surface area contributed by atoms with Crippen LogP contribution in [0.1, 0.15) is 26.0 Å². The number of aromatic nitrogens is 1. The highest BCUT2D eigenvalue weighted by atomic mass is 32.1. The second kappa shape index (κ2) is 5.06. The van der Waals surface area contributed by atoms with E-state index in [1.807, 2.05) is 5.38 Å². The van der Waals surface area contributed by atoms with Gasteiger partial charge in [0.2, 0.25) is 11.8 Å². The van der Waals surface area contributed by atoms with Crippen molar-refractivity contribution in [1.29, 1.82) is 0 Å². The fourth-order valence-corrected chi connectivity index (χ4v) is 2.61. The van der Waals surface area contributed by atoms with E-state index in [-0.39, 0.29) is 11.8 Å². The van der Waals surface area contributed by atoms with Crippen molar-refractivity contribution in [1.82, 2.24) is 15.2 Å². The number of hydrogen-bond donors (Lipinski definition) is 1. The molecule has 1 saturated heterocycles. The van der Waals surface area contributed by atoms with Crippen LogP contribution >= 0.6 is 11.3 Å². The fourth-order valence-electron chi connectivity index (χ4n) is 2.02. The molecular weight excluding hydrogens is 250 g/mol. The Morgan fingerprint density at radius 2 is 2.28 bits per heavy atom. The van der Waals surface area contributed by atoms with Gasteiger partial charge in [0.15, 0.2) is 0 Å². The van der Waals surface area contributed by atoms with Crippen molar-refractivity contribution in [2.75, 3.05) is 13.1 Å². The van der Waals surface area contributed by atoms with Crippen LogP contribution < -0.4 is 5.32 Å². The lowest BCUT2D eigenvalue weighted by atomic mass is 10.0. The minimum absolute atomic E-state index is 0.0245. The molecule has 0 saturated carbocycles. The normalized spacial score (nSPS) is 19.6. The van der Waals surface area contributed by atoms with Gasteiger partial charge in [-0.1, -0.05) is 0 Å². The largest absolute Gasteiger partial charge is 0.342 e. The van der Waals surface area contributed by atoms with Gasteiger partial charge in [0, 0.05) is 31.3 Å². The molecule has 18 heavy (non-hydrogen) atoms. The molecule has 2 amide bonds. The number of carbonyl (C=O) groups is 2. The Bertz CT molecular complexity index is 442. The van der Waals surface area contributed by atoms with Crippen molar-refractivity contribution in [3.8, 4) is 0 Å². The topological polar surface area (TPSA) is 62.3 Å². The first-order valence-electron chi connectivity index (χ1n) is 5.96. The van der Waals surface area contributed by atoms with Crippen molar-refractivity contribution < 1.29 is 9.59 Å². The maximum atomic E-state index is 12.3. The molecule has 1 aromatic rings. The standard InChI is InChI=1S/C12H17N3O2S/c1-12(2)11(17)15(6-4-10(16)14-12)5-3-9-7-18-8-13-9/h7-8H,3-6H2,1-2H3,(H,14,16). The summed E-state index contributed by atoms with van der Waals surface area (Å²) in [6.07, 6.45) is 1.10. The number of nitrogens with one attached hydrogen (secondary N) is 1. The second-order valence-electron chi connectivity index (χ2n) is 4.95. The molecule has 1 aromatic heterocycles. The molecular formula is C12H17N3O2S. The predicted octanol–water partition coefficient (Wildman–Crippen LogP) is 0.813. The highest BCUT2D eigenvalue weighted by Gasteiger charge is 2.36. The van der Waals surface area contributed by atoms with Gasteiger partial charge in [-0.3, -0.25) is 9.59 Å². The molecule has 98 valence electrons. The molecule has 1 aliphatic rings. The van der Waals surface area contributed by atoms with Crippen LogP contribution in [0.3, 0.4) is 0 Å². The van der Waals surface area contributed by atoms with Gasteiger partial charge >= 0.3 is 0 Å². The molecule has 0 aliphatic carbocycles. The van der Waals surface area contributed by atoms with E-state index in [1.54, 1.807) is 35.6 Å². The lowest BCUT2D eigenvalue weighted by Crippen LogP contribution is -2.53. The molecule has 2 heterocycles. The summed E-state index contributed by atoms with van der Waals surface area (Å²) < 4.78 is 0. The summed E-state index contributed by atoms with van der Waals surface area (Å²) in [4.78, 5) is 29.7. The summed E-state index contributed by atoms with van der Waals surface area (Å²) in [6.45, 7) is 4.59. The highest BCUT2D eigenvalue weighted by molar-refractivity contribution is 7.07. The van der Waals surface area contributed by atoms with E-state index in [4.69, 9.17) is 0 Å². The third kappa shape index (κ3) is 2.87. The van der Waals surface area contributed by atoms with Crippen molar-refractivity contribution in [3.63, 3.8) is 0 Å². The number of hydrogen-bond acceptors (Lipinski definition) is 4. The molecule has 1 aliphatic heterocycles. The van der Waals surface area contributed by atoms with Gasteiger partial charge in [0.1, 0.15) is 5.54 Å². The number of thiazole rings is 1. The van der Waals surface area contributed by atoms with Crippen molar-refractivity contribution in [2.45, 2.75) is 32.2 Å². The molecule has 2 rings (SSSR count). The van der Waals surface area contributed by atoms with E-state index in [0.29, 0.717) is 19.5 Å². The zero-order valence-corrected chi connectivity index (χ0v) is 11.4. The van der Waals surface area contributed by atoms with Crippen LogP contribution in [0.2, 0.25) is 0 Å². The predicted molar refractivity (Wildman–Crippen MR) is 69.2 cm³/mol. The Labute approximate surface area is 110 Å². The first-order valence-corrected chi connectivity index (χ1v) is 6.91. The Hall–Kier alpha value is -1.43. The fraction of sp³-hybridized carbons (Fsp3) is 0.583. The summed E-state index contributed by atoms with van der Waals surface area (Å²) >= 11 is 1.55. The van der Waals surface area contributed by atoms with Crippen molar-refractivity contribution in [2.24, 2.45) is 0 Å². The second-order valence-corrected chi connectivity index (χ2v) is 5.66. The Morgan fingerprint density at radius 3 is 2.94 bits per heavy atom. The Kier molecular flexibility index (Phi) is 3.65.